The maximum absolute atomic E-state index is 13.2. The molecule has 1 saturated heterocycles. The van der Waals surface area contributed by atoms with Gasteiger partial charge in [-0.15, -0.1) is 0 Å². The molecule has 2 aromatic carbocycles. The summed E-state index contributed by atoms with van der Waals surface area (Å²) in [5, 5.41) is 59.6. The third kappa shape index (κ3) is 3.67. The van der Waals surface area contributed by atoms with Crippen LogP contribution < -0.4 is 14.9 Å². The lowest BCUT2D eigenvalue weighted by Crippen LogP contribution is -2.55. The average molecular weight is 448 g/mol. The highest BCUT2D eigenvalue weighted by Crippen LogP contribution is 2.39. The van der Waals surface area contributed by atoms with E-state index in [-0.39, 0.29) is 46.1 Å². The van der Waals surface area contributed by atoms with E-state index in [1.807, 2.05) is 0 Å². The Morgan fingerprint density at radius 3 is 2.44 bits per heavy atom. The first-order valence-corrected chi connectivity index (χ1v) is 9.44. The van der Waals surface area contributed by atoms with Gasteiger partial charge >= 0.3 is 0 Å². The van der Waals surface area contributed by atoms with Crippen molar-refractivity contribution in [1.82, 2.24) is 0 Å². The van der Waals surface area contributed by atoms with Crippen molar-refractivity contribution < 1.29 is 49.3 Å². The first-order valence-electron chi connectivity index (χ1n) is 9.44. The predicted molar refractivity (Wildman–Crippen MR) is 108 cm³/mol. The molecule has 1 aliphatic rings. The fourth-order valence-corrected chi connectivity index (χ4v) is 3.40. The number of phenolic OH excluding ortho intramolecular Hbond substituents is 3. The number of aliphatic hydroxyl groups excluding tert-OH is 3. The standard InChI is InChI=1S/C21H20O11/c1-29-13-3-2-8(4-10(13)23)19-20(32-21-18(28)16(26)12(25)7-30-21)17(27)15-11(24)5-9(22)6-14(15)31-19/h2-6,12,16,18,21-26,28H,7H2,1H3. The number of ether oxygens (including phenoxy) is 3. The van der Waals surface area contributed by atoms with E-state index in [1.165, 1.54) is 25.3 Å². The molecule has 0 spiro atoms. The van der Waals surface area contributed by atoms with Crippen LogP contribution in [-0.2, 0) is 4.74 Å². The van der Waals surface area contributed by atoms with Gasteiger partial charge in [0.15, 0.2) is 17.3 Å². The summed E-state index contributed by atoms with van der Waals surface area (Å²) in [4.78, 5) is 13.2. The van der Waals surface area contributed by atoms with E-state index in [0.29, 0.717) is 0 Å². The van der Waals surface area contributed by atoms with Crippen LogP contribution >= 0.6 is 0 Å². The fraction of sp³-hybridized carbons (Fsp3) is 0.286. The van der Waals surface area contributed by atoms with Crippen molar-refractivity contribution in [3.63, 3.8) is 0 Å². The minimum atomic E-state index is -1.71. The summed E-state index contributed by atoms with van der Waals surface area (Å²) in [6.45, 7) is -0.375. The van der Waals surface area contributed by atoms with E-state index in [2.05, 4.69) is 0 Å². The molecule has 1 aliphatic heterocycles. The summed E-state index contributed by atoms with van der Waals surface area (Å²) in [7, 11) is 1.35. The molecule has 6 N–H and O–H groups in total. The molecular weight excluding hydrogens is 428 g/mol. The monoisotopic (exact) mass is 448 g/mol. The molecule has 1 fully saturated rings. The van der Waals surface area contributed by atoms with E-state index < -0.39 is 41.5 Å². The Bertz CT molecular complexity index is 1220. The number of rotatable bonds is 4. The number of hydrogen-bond acceptors (Lipinski definition) is 11. The summed E-state index contributed by atoms with van der Waals surface area (Å²) in [5.41, 5.74) is -0.887. The Hall–Kier alpha value is -3.51. The lowest BCUT2D eigenvalue weighted by Gasteiger charge is -2.34. The third-order valence-electron chi connectivity index (χ3n) is 5.05. The number of phenols is 3. The molecule has 11 nitrogen and oxygen atoms in total. The molecule has 4 rings (SSSR count). The average Bonchev–Trinajstić information content (AvgIpc) is 2.74. The second-order valence-corrected chi connectivity index (χ2v) is 7.18. The second-order valence-electron chi connectivity index (χ2n) is 7.18. The van der Waals surface area contributed by atoms with Crippen molar-refractivity contribution in [2.24, 2.45) is 0 Å². The van der Waals surface area contributed by atoms with Gasteiger partial charge in [0.1, 0.15) is 40.8 Å². The smallest absolute Gasteiger partial charge is 0.239 e. The Labute approximate surface area is 179 Å². The summed E-state index contributed by atoms with van der Waals surface area (Å²) in [6.07, 6.45) is -6.22. The summed E-state index contributed by atoms with van der Waals surface area (Å²) in [5.74, 6) is -1.79. The molecule has 11 heteroatoms. The van der Waals surface area contributed by atoms with Crippen LogP contribution in [-0.4, -0.2) is 69.0 Å². The molecule has 0 amide bonds. The highest BCUT2D eigenvalue weighted by atomic mass is 16.7. The molecule has 170 valence electrons. The number of aliphatic hydroxyl groups is 3. The molecule has 32 heavy (non-hydrogen) atoms. The van der Waals surface area contributed by atoms with Crippen LogP contribution in [0.2, 0.25) is 0 Å². The Morgan fingerprint density at radius 1 is 1.00 bits per heavy atom. The van der Waals surface area contributed by atoms with Gasteiger partial charge in [0, 0.05) is 17.7 Å². The number of methoxy groups -OCH3 is 1. The molecule has 0 saturated carbocycles. The largest absolute Gasteiger partial charge is 0.508 e. The molecule has 0 bridgehead atoms. The molecule has 3 aromatic rings. The van der Waals surface area contributed by atoms with Gasteiger partial charge in [-0.3, -0.25) is 4.79 Å². The Morgan fingerprint density at radius 2 is 1.75 bits per heavy atom. The number of fused-ring (bicyclic) bond motifs is 1. The minimum absolute atomic E-state index is 0.151. The summed E-state index contributed by atoms with van der Waals surface area (Å²) >= 11 is 0. The molecule has 0 aliphatic carbocycles. The number of benzene rings is 2. The van der Waals surface area contributed by atoms with Crippen LogP contribution in [0, 0.1) is 0 Å². The highest BCUT2D eigenvalue weighted by molar-refractivity contribution is 5.88. The van der Waals surface area contributed by atoms with Crippen LogP contribution in [0.25, 0.3) is 22.3 Å². The van der Waals surface area contributed by atoms with Gasteiger partial charge in [0.05, 0.1) is 13.7 Å². The first kappa shape index (κ1) is 21.7. The van der Waals surface area contributed by atoms with Crippen molar-refractivity contribution in [2.75, 3.05) is 13.7 Å². The van der Waals surface area contributed by atoms with Crippen LogP contribution in [0.4, 0.5) is 0 Å². The van der Waals surface area contributed by atoms with Crippen molar-refractivity contribution >= 4 is 11.0 Å². The molecular formula is C21H20O11. The lowest BCUT2D eigenvalue weighted by molar-refractivity contribution is -0.242. The second kappa shape index (κ2) is 8.20. The fourth-order valence-electron chi connectivity index (χ4n) is 3.40. The van der Waals surface area contributed by atoms with E-state index in [0.717, 1.165) is 12.1 Å². The van der Waals surface area contributed by atoms with Crippen molar-refractivity contribution in [1.29, 1.82) is 0 Å². The van der Waals surface area contributed by atoms with Gasteiger partial charge in [-0.2, -0.15) is 0 Å². The van der Waals surface area contributed by atoms with E-state index in [1.54, 1.807) is 0 Å². The lowest BCUT2D eigenvalue weighted by atomic mass is 10.1. The number of aromatic hydroxyl groups is 3. The predicted octanol–water partition coefficient (Wildman–Crippen LogP) is 0.403. The van der Waals surface area contributed by atoms with Gasteiger partial charge in [0.25, 0.3) is 0 Å². The van der Waals surface area contributed by atoms with Crippen molar-refractivity contribution in [3.8, 4) is 40.1 Å². The normalized spacial score (nSPS) is 23.2. The Balaban J connectivity index is 1.91. The van der Waals surface area contributed by atoms with Crippen LogP contribution in [0.1, 0.15) is 0 Å². The van der Waals surface area contributed by atoms with Crippen molar-refractivity contribution in [3.05, 3.63) is 40.6 Å². The maximum atomic E-state index is 13.2. The quantitative estimate of drug-likeness (QED) is 0.325. The molecule has 4 unspecified atom stereocenters. The zero-order chi connectivity index (χ0) is 23.2. The molecule has 2 heterocycles. The minimum Gasteiger partial charge on any atom is -0.508 e. The van der Waals surface area contributed by atoms with Gasteiger partial charge < -0.3 is 49.3 Å². The Kier molecular flexibility index (Phi) is 5.57. The van der Waals surface area contributed by atoms with E-state index >= 15 is 0 Å². The molecule has 0 radical (unpaired) electrons. The van der Waals surface area contributed by atoms with Gasteiger partial charge in [-0.05, 0) is 18.2 Å². The van der Waals surface area contributed by atoms with E-state index in [9.17, 15) is 35.4 Å². The summed E-state index contributed by atoms with van der Waals surface area (Å²) < 4.78 is 21.5. The van der Waals surface area contributed by atoms with Crippen LogP contribution in [0.3, 0.4) is 0 Å². The molecule has 4 atom stereocenters. The number of hydrogen-bond donors (Lipinski definition) is 6. The highest BCUT2D eigenvalue weighted by Gasteiger charge is 2.40. The van der Waals surface area contributed by atoms with Crippen molar-refractivity contribution in [2.45, 2.75) is 24.6 Å². The zero-order valence-corrected chi connectivity index (χ0v) is 16.6. The topological polar surface area (TPSA) is 179 Å². The van der Waals surface area contributed by atoms with Gasteiger partial charge in [-0.25, -0.2) is 0 Å². The van der Waals surface area contributed by atoms with E-state index in [4.69, 9.17) is 18.6 Å². The van der Waals surface area contributed by atoms with Crippen LogP contribution in [0.15, 0.2) is 39.5 Å². The van der Waals surface area contributed by atoms with Crippen LogP contribution in [0.5, 0.6) is 28.7 Å². The summed E-state index contributed by atoms with van der Waals surface area (Å²) in [6, 6.07) is 6.14. The van der Waals surface area contributed by atoms with Gasteiger partial charge in [-0.1, -0.05) is 0 Å². The zero-order valence-electron chi connectivity index (χ0n) is 16.6. The SMILES string of the molecule is COc1ccc(-c2oc3cc(O)cc(O)c3c(=O)c2OC2OCC(O)C(O)C2O)cc1O. The van der Waals surface area contributed by atoms with Gasteiger partial charge in [0.2, 0.25) is 17.5 Å². The molecule has 1 aromatic heterocycles. The maximum Gasteiger partial charge on any atom is 0.239 e. The third-order valence-corrected chi connectivity index (χ3v) is 5.05. The first-order chi connectivity index (χ1) is 15.2.